The van der Waals surface area contributed by atoms with Crippen molar-refractivity contribution in [2.45, 2.75) is 19.1 Å². The number of ether oxygens (including phenoxy) is 1. The fourth-order valence-electron chi connectivity index (χ4n) is 4.93. The second kappa shape index (κ2) is 13.0. The zero-order chi connectivity index (χ0) is 32.4. The number of halogens is 1. The first-order valence-electron chi connectivity index (χ1n) is 14.0. The molecule has 0 aliphatic heterocycles. The van der Waals surface area contributed by atoms with E-state index in [9.17, 15) is 24.3 Å². The van der Waals surface area contributed by atoms with Gasteiger partial charge in [-0.25, -0.2) is 14.6 Å². The molecule has 0 saturated heterocycles. The van der Waals surface area contributed by atoms with E-state index in [1.54, 1.807) is 17.9 Å². The predicted molar refractivity (Wildman–Crippen MR) is 169 cm³/mol. The topological polar surface area (TPSA) is 192 Å². The van der Waals surface area contributed by atoms with Gasteiger partial charge < -0.3 is 29.7 Å². The van der Waals surface area contributed by atoms with Crippen molar-refractivity contribution in [1.29, 1.82) is 0 Å². The Morgan fingerprint density at radius 1 is 0.978 bits per heavy atom. The Morgan fingerprint density at radius 3 is 2.44 bits per heavy atom. The molecule has 6 rings (SSSR count). The Morgan fingerprint density at radius 2 is 1.69 bits per heavy atom. The average Bonchev–Trinajstić information content (AvgIpc) is 3.78. The predicted octanol–water partition coefficient (Wildman–Crippen LogP) is -0.0517. The number of H-pyrrole nitrogens is 2. The van der Waals surface area contributed by atoms with Crippen molar-refractivity contribution in [3.05, 3.63) is 83.7 Å². The normalized spacial score (nSPS) is 12.1. The van der Waals surface area contributed by atoms with Gasteiger partial charge >= 0.3 is 11.4 Å². The fourth-order valence-corrected chi connectivity index (χ4v) is 5.11. The smallest absolute Gasteiger partial charge is 0.332 e. The van der Waals surface area contributed by atoms with Crippen molar-refractivity contribution in [3.63, 3.8) is 0 Å². The summed E-state index contributed by atoms with van der Waals surface area (Å²) in [6.07, 6.45) is 3.52. The standard InChI is InChI=1S/C21H26N6O4.C7H7ClN4O2/c1-25-19-18(20(29)26(2)21(25)30)27(13-24-19)10-4-8-22-11-14(28)12-31-17-6-3-5-16-15(17)7-9-23-16;1-11-4-3(9-6(8)10-4)5(13)12(2)7(11)14/h3,5-7,9,13-14,22-23,28H,4,8,10-12H2,1-2H3;1-2H3,(H,9,10). The molecule has 5 aromatic heterocycles. The molecule has 6 aromatic rings. The number of aromatic nitrogens is 9. The number of rotatable bonds is 9. The largest absolute Gasteiger partial charge is 0.490 e. The minimum atomic E-state index is -0.648. The number of aliphatic hydroxyl groups excluding tert-OH is 1. The molecule has 0 spiro atoms. The van der Waals surface area contributed by atoms with Crippen LogP contribution in [0.5, 0.6) is 5.75 Å². The minimum absolute atomic E-state index is 0.0956. The number of aromatic amines is 2. The Kier molecular flexibility index (Phi) is 9.08. The molecule has 0 fully saturated rings. The van der Waals surface area contributed by atoms with Gasteiger partial charge in [0.15, 0.2) is 22.3 Å². The molecule has 5 heterocycles. The number of aliphatic hydroxyl groups is 1. The van der Waals surface area contributed by atoms with E-state index in [0.717, 1.165) is 32.2 Å². The highest BCUT2D eigenvalue weighted by molar-refractivity contribution is 6.29. The van der Waals surface area contributed by atoms with Gasteiger partial charge in [-0.2, -0.15) is 4.98 Å². The molecule has 0 bridgehead atoms. The average molecular weight is 641 g/mol. The maximum atomic E-state index is 12.4. The molecule has 16 nitrogen and oxygen atoms in total. The van der Waals surface area contributed by atoms with E-state index in [-0.39, 0.29) is 28.6 Å². The third-order valence-corrected chi connectivity index (χ3v) is 7.58. The Balaban J connectivity index is 0.000000238. The van der Waals surface area contributed by atoms with Crippen LogP contribution < -0.4 is 32.6 Å². The lowest BCUT2D eigenvalue weighted by Crippen LogP contribution is -2.37. The van der Waals surface area contributed by atoms with Crippen LogP contribution in [0.4, 0.5) is 0 Å². The van der Waals surface area contributed by atoms with Crippen LogP contribution in [0.1, 0.15) is 6.42 Å². The Labute approximate surface area is 259 Å². The second-order valence-corrected chi connectivity index (χ2v) is 10.8. The number of benzene rings is 1. The molecule has 45 heavy (non-hydrogen) atoms. The lowest BCUT2D eigenvalue weighted by molar-refractivity contribution is 0.107. The zero-order valence-electron chi connectivity index (χ0n) is 25.1. The summed E-state index contributed by atoms with van der Waals surface area (Å²) in [6, 6.07) is 7.70. The van der Waals surface area contributed by atoms with E-state index in [2.05, 4.69) is 25.3 Å². The molecule has 0 radical (unpaired) electrons. The molecule has 0 aliphatic rings. The van der Waals surface area contributed by atoms with E-state index >= 15 is 0 Å². The molecule has 17 heteroatoms. The number of hydrogen-bond acceptors (Lipinski definition) is 9. The number of nitrogens with zero attached hydrogens (tertiary/aromatic N) is 7. The van der Waals surface area contributed by atoms with Crippen LogP contribution >= 0.6 is 11.6 Å². The molecule has 1 atom stereocenters. The van der Waals surface area contributed by atoms with Crippen molar-refractivity contribution in [3.8, 4) is 5.75 Å². The summed E-state index contributed by atoms with van der Waals surface area (Å²) in [5.41, 5.74) is 0.688. The second-order valence-electron chi connectivity index (χ2n) is 10.5. The van der Waals surface area contributed by atoms with Crippen LogP contribution in [0.2, 0.25) is 5.28 Å². The highest BCUT2D eigenvalue weighted by atomic mass is 35.5. The molecule has 0 amide bonds. The van der Waals surface area contributed by atoms with Gasteiger partial charge in [0.25, 0.3) is 11.1 Å². The van der Waals surface area contributed by atoms with Crippen molar-refractivity contribution in [1.82, 2.24) is 48.1 Å². The fraction of sp³-hybridized carbons (Fsp3) is 0.357. The first-order chi connectivity index (χ1) is 21.5. The van der Waals surface area contributed by atoms with E-state index in [4.69, 9.17) is 16.3 Å². The van der Waals surface area contributed by atoms with Gasteiger partial charge in [-0.3, -0.25) is 27.9 Å². The lowest BCUT2D eigenvalue weighted by Gasteiger charge is -2.14. The summed E-state index contributed by atoms with van der Waals surface area (Å²) in [7, 11) is 5.99. The van der Waals surface area contributed by atoms with E-state index in [1.807, 2.05) is 30.5 Å². The molecule has 238 valence electrons. The lowest BCUT2D eigenvalue weighted by atomic mass is 10.2. The van der Waals surface area contributed by atoms with Gasteiger partial charge in [-0.1, -0.05) is 6.07 Å². The number of imidazole rings is 2. The summed E-state index contributed by atoms with van der Waals surface area (Å²) < 4.78 is 12.2. The summed E-state index contributed by atoms with van der Waals surface area (Å²) in [4.78, 5) is 61.2. The minimum Gasteiger partial charge on any atom is -0.490 e. The summed E-state index contributed by atoms with van der Waals surface area (Å²) in [6.45, 7) is 1.80. The van der Waals surface area contributed by atoms with Crippen LogP contribution in [-0.4, -0.2) is 73.7 Å². The summed E-state index contributed by atoms with van der Waals surface area (Å²) in [5.74, 6) is 0.737. The number of nitrogens with one attached hydrogen (secondary N) is 3. The van der Waals surface area contributed by atoms with Crippen LogP contribution in [0, 0.1) is 0 Å². The van der Waals surface area contributed by atoms with Crippen molar-refractivity contribution >= 4 is 44.8 Å². The third kappa shape index (κ3) is 6.20. The van der Waals surface area contributed by atoms with Crippen LogP contribution in [0.15, 0.2) is 56.0 Å². The van der Waals surface area contributed by atoms with Gasteiger partial charge in [-0.15, -0.1) is 0 Å². The molecule has 1 unspecified atom stereocenters. The van der Waals surface area contributed by atoms with E-state index in [1.165, 1.54) is 30.3 Å². The molecule has 1 aromatic carbocycles. The Bertz CT molecular complexity index is 2230. The Hall–Kier alpha value is -4.93. The molecular weight excluding hydrogens is 608 g/mol. The summed E-state index contributed by atoms with van der Waals surface area (Å²) >= 11 is 5.60. The SMILES string of the molecule is Cn1c(=O)c2[nH]c(Cl)nc2n(C)c1=O.Cn1c(=O)c2c(ncn2CCCNCC(O)COc2cccc3[nH]ccc23)n(C)c1=O. The van der Waals surface area contributed by atoms with Gasteiger partial charge in [0, 0.05) is 58.4 Å². The number of hydrogen-bond donors (Lipinski definition) is 4. The van der Waals surface area contributed by atoms with E-state index in [0.29, 0.717) is 30.8 Å². The highest BCUT2D eigenvalue weighted by Gasteiger charge is 2.14. The van der Waals surface area contributed by atoms with Crippen molar-refractivity contribution in [2.75, 3.05) is 19.7 Å². The zero-order valence-corrected chi connectivity index (χ0v) is 25.8. The van der Waals surface area contributed by atoms with Crippen molar-refractivity contribution in [2.24, 2.45) is 28.2 Å². The molecule has 0 aliphatic carbocycles. The third-order valence-electron chi connectivity index (χ3n) is 7.40. The van der Waals surface area contributed by atoms with Gasteiger partial charge in [0.1, 0.15) is 18.5 Å². The maximum absolute atomic E-state index is 12.4. The first-order valence-corrected chi connectivity index (χ1v) is 14.4. The van der Waals surface area contributed by atoms with Crippen molar-refractivity contribution < 1.29 is 9.84 Å². The first kappa shape index (κ1) is 31.5. The number of aryl methyl sites for hydroxylation is 3. The van der Waals surface area contributed by atoms with Gasteiger partial charge in [0.2, 0.25) is 5.28 Å². The molecule has 0 saturated carbocycles. The van der Waals surface area contributed by atoms with Crippen LogP contribution in [-0.2, 0) is 34.7 Å². The monoisotopic (exact) mass is 640 g/mol. The van der Waals surface area contributed by atoms with E-state index < -0.39 is 23.0 Å². The molecular formula is C28H33ClN10O6. The highest BCUT2D eigenvalue weighted by Crippen LogP contribution is 2.24. The summed E-state index contributed by atoms with van der Waals surface area (Å²) in [5, 5.41) is 14.5. The quantitative estimate of drug-likeness (QED) is 0.124. The maximum Gasteiger partial charge on any atom is 0.332 e. The van der Waals surface area contributed by atoms with Gasteiger partial charge in [-0.05, 0) is 42.8 Å². The molecule has 4 N–H and O–H groups in total. The van der Waals surface area contributed by atoms with Gasteiger partial charge in [0.05, 0.1) is 6.33 Å². The van der Waals surface area contributed by atoms with Crippen LogP contribution in [0.25, 0.3) is 33.2 Å². The number of fused-ring (bicyclic) bond motifs is 3. The van der Waals surface area contributed by atoms with Crippen LogP contribution in [0.3, 0.4) is 0 Å².